The SMILES string of the molecule is Cc1cc(CNC2CCC2C)ccc1Cl. The summed E-state index contributed by atoms with van der Waals surface area (Å²) in [5.74, 6) is 0.846. The van der Waals surface area contributed by atoms with Crippen molar-refractivity contribution in [1.82, 2.24) is 5.32 Å². The maximum Gasteiger partial charge on any atom is 0.0435 e. The molecule has 15 heavy (non-hydrogen) atoms. The van der Waals surface area contributed by atoms with Crippen LogP contribution >= 0.6 is 11.6 Å². The van der Waals surface area contributed by atoms with Gasteiger partial charge in [-0.2, -0.15) is 0 Å². The summed E-state index contributed by atoms with van der Waals surface area (Å²) in [6, 6.07) is 6.98. The summed E-state index contributed by atoms with van der Waals surface area (Å²) in [6.45, 7) is 5.33. The van der Waals surface area contributed by atoms with E-state index in [4.69, 9.17) is 11.6 Å². The molecule has 2 rings (SSSR count). The molecule has 0 spiro atoms. The lowest BCUT2D eigenvalue weighted by Crippen LogP contribution is -2.41. The van der Waals surface area contributed by atoms with Crippen molar-refractivity contribution < 1.29 is 0 Å². The molecule has 0 amide bonds. The average Bonchev–Trinajstić information content (AvgIpc) is 2.21. The lowest BCUT2D eigenvalue weighted by Gasteiger charge is -2.34. The summed E-state index contributed by atoms with van der Waals surface area (Å²) >= 11 is 5.98. The molecular formula is C13H18ClN. The smallest absolute Gasteiger partial charge is 0.0435 e. The van der Waals surface area contributed by atoms with E-state index in [0.717, 1.165) is 29.1 Å². The average molecular weight is 224 g/mol. The maximum atomic E-state index is 5.98. The van der Waals surface area contributed by atoms with Gasteiger partial charge in [0, 0.05) is 17.6 Å². The van der Waals surface area contributed by atoms with Gasteiger partial charge < -0.3 is 5.32 Å². The van der Waals surface area contributed by atoms with Crippen LogP contribution in [0, 0.1) is 12.8 Å². The number of halogens is 1. The first-order chi connectivity index (χ1) is 7.16. The molecule has 1 aromatic carbocycles. The summed E-state index contributed by atoms with van der Waals surface area (Å²) in [5, 5.41) is 4.45. The predicted octanol–water partition coefficient (Wildman–Crippen LogP) is 3.54. The van der Waals surface area contributed by atoms with E-state index in [1.165, 1.54) is 18.4 Å². The second-order valence-electron chi connectivity index (χ2n) is 4.63. The van der Waals surface area contributed by atoms with Gasteiger partial charge in [0.25, 0.3) is 0 Å². The highest BCUT2D eigenvalue weighted by atomic mass is 35.5. The molecule has 1 aromatic rings. The van der Waals surface area contributed by atoms with Gasteiger partial charge in [0.2, 0.25) is 0 Å². The molecule has 0 saturated heterocycles. The fourth-order valence-corrected chi connectivity index (χ4v) is 2.15. The molecule has 1 saturated carbocycles. The molecule has 2 unspecified atom stereocenters. The van der Waals surface area contributed by atoms with E-state index in [2.05, 4.69) is 31.3 Å². The monoisotopic (exact) mass is 223 g/mol. The minimum atomic E-state index is 0.723. The Morgan fingerprint density at radius 1 is 1.40 bits per heavy atom. The first-order valence-electron chi connectivity index (χ1n) is 5.65. The zero-order valence-corrected chi connectivity index (χ0v) is 10.1. The van der Waals surface area contributed by atoms with Crippen LogP contribution in [0.5, 0.6) is 0 Å². The third kappa shape index (κ3) is 2.53. The second-order valence-corrected chi connectivity index (χ2v) is 5.03. The van der Waals surface area contributed by atoms with Crippen LogP contribution in [0.25, 0.3) is 0 Å². The molecule has 2 atom stereocenters. The van der Waals surface area contributed by atoms with Gasteiger partial charge in [-0.3, -0.25) is 0 Å². The largest absolute Gasteiger partial charge is 0.310 e. The molecule has 0 bridgehead atoms. The Morgan fingerprint density at radius 3 is 2.73 bits per heavy atom. The van der Waals surface area contributed by atoms with E-state index in [-0.39, 0.29) is 0 Å². The Labute approximate surface area is 96.8 Å². The summed E-state index contributed by atoms with van der Waals surface area (Å²) in [4.78, 5) is 0. The van der Waals surface area contributed by atoms with Crippen LogP contribution in [-0.2, 0) is 6.54 Å². The van der Waals surface area contributed by atoms with E-state index in [1.54, 1.807) is 0 Å². The minimum Gasteiger partial charge on any atom is -0.310 e. The van der Waals surface area contributed by atoms with Crippen LogP contribution in [0.1, 0.15) is 30.9 Å². The highest BCUT2D eigenvalue weighted by Gasteiger charge is 2.25. The molecule has 1 aliphatic rings. The molecule has 1 aliphatic carbocycles. The number of benzene rings is 1. The molecule has 1 N–H and O–H groups in total. The number of hydrogen-bond acceptors (Lipinski definition) is 1. The molecule has 0 radical (unpaired) electrons. The molecule has 1 fully saturated rings. The van der Waals surface area contributed by atoms with Crippen LogP contribution in [0.15, 0.2) is 18.2 Å². The van der Waals surface area contributed by atoms with E-state index < -0.39 is 0 Å². The molecule has 82 valence electrons. The molecule has 0 aromatic heterocycles. The highest BCUT2D eigenvalue weighted by molar-refractivity contribution is 6.31. The van der Waals surface area contributed by atoms with Crippen molar-refractivity contribution in [3.63, 3.8) is 0 Å². The van der Waals surface area contributed by atoms with E-state index in [1.807, 2.05) is 6.07 Å². The van der Waals surface area contributed by atoms with Crippen LogP contribution in [-0.4, -0.2) is 6.04 Å². The summed E-state index contributed by atoms with van der Waals surface area (Å²) < 4.78 is 0. The third-order valence-corrected chi connectivity index (χ3v) is 3.83. The molecule has 2 heteroatoms. The van der Waals surface area contributed by atoms with Gasteiger partial charge in [0.05, 0.1) is 0 Å². The maximum absolute atomic E-state index is 5.98. The quantitative estimate of drug-likeness (QED) is 0.827. The van der Waals surface area contributed by atoms with Crippen molar-refractivity contribution in [1.29, 1.82) is 0 Å². The van der Waals surface area contributed by atoms with Gasteiger partial charge >= 0.3 is 0 Å². The van der Waals surface area contributed by atoms with Crippen LogP contribution in [0.3, 0.4) is 0 Å². The van der Waals surface area contributed by atoms with Gasteiger partial charge in [0.1, 0.15) is 0 Å². The van der Waals surface area contributed by atoms with Crippen molar-refractivity contribution in [2.45, 2.75) is 39.3 Å². The lowest BCUT2D eigenvalue weighted by atomic mass is 9.81. The minimum absolute atomic E-state index is 0.723. The van der Waals surface area contributed by atoms with Crippen molar-refractivity contribution in [2.75, 3.05) is 0 Å². The Hall–Kier alpha value is -0.530. The molecule has 0 heterocycles. The lowest BCUT2D eigenvalue weighted by molar-refractivity contribution is 0.228. The van der Waals surface area contributed by atoms with Gasteiger partial charge in [-0.1, -0.05) is 30.7 Å². The van der Waals surface area contributed by atoms with E-state index >= 15 is 0 Å². The van der Waals surface area contributed by atoms with Crippen molar-refractivity contribution in [2.24, 2.45) is 5.92 Å². The van der Waals surface area contributed by atoms with Crippen LogP contribution < -0.4 is 5.32 Å². The third-order valence-electron chi connectivity index (χ3n) is 3.41. The Balaban J connectivity index is 1.90. The molecular weight excluding hydrogens is 206 g/mol. The normalized spacial score (nSPS) is 25.0. The fraction of sp³-hybridized carbons (Fsp3) is 0.538. The standard InChI is InChI=1S/C13H18ClN/c1-9-3-6-13(9)15-8-11-4-5-12(14)10(2)7-11/h4-5,7,9,13,15H,3,6,8H2,1-2H3. The summed E-state index contributed by atoms with van der Waals surface area (Å²) in [7, 11) is 0. The van der Waals surface area contributed by atoms with Gasteiger partial charge in [-0.05, 0) is 42.9 Å². The highest BCUT2D eigenvalue weighted by Crippen LogP contribution is 2.26. The zero-order valence-electron chi connectivity index (χ0n) is 9.39. The number of aryl methyl sites for hydroxylation is 1. The summed E-state index contributed by atoms with van der Waals surface area (Å²) in [5.41, 5.74) is 2.49. The first kappa shape index (κ1) is 11.0. The van der Waals surface area contributed by atoms with Gasteiger partial charge in [-0.15, -0.1) is 0 Å². The summed E-state index contributed by atoms with van der Waals surface area (Å²) in [6.07, 6.45) is 2.70. The van der Waals surface area contributed by atoms with Gasteiger partial charge in [-0.25, -0.2) is 0 Å². The van der Waals surface area contributed by atoms with Crippen molar-refractivity contribution in [3.05, 3.63) is 34.3 Å². The van der Waals surface area contributed by atoms with Crippen LogP contribution in [0.4, 0.5) is 0 Å². The second kappa shape index (κ2) is 4.54. The van der Waals surface area contributed by atoms with Crippen LogP contribution in [0.2, 0.25) is 5.02 Å². The molecule has 0 aliphatic heterocycles. The molecule has 1 nitrogen and oxygen atoms in total. The number of rotatable bonds is 3. The predicted molar refractivity (Wildman–Crippen MR) is 65.2 cm³/mol. The Bertz CT molecular complexity index is 348. The Kier molecular flexibility index (Phi) is 3.32. The van der Waals surface area contributed by atoms with E-state index in [9.17, 15) is 0 Å². The Morgan fingerprint density at radius 2 is 2.20 bits per heavy atom. The van der Waals surface area contributed by atoms with Crippen molar-refractivity contribution in [3.8, 4) is 0 Å². The number of hydrogen-bond donors (Lipinski definition) is 1. The first-order valence-corrected chi connectivity index (χ1v) is 6.03. The fourth-order valence-electron chi connectivity index (χ4n) is 2.04. The zero-order chi connectivity index (χ0) is 10.8. The van der Waals surface area contributed by atoms with Gasteiger partial charge in [0.15, 0.2) is 0 Å². The topological polar surface area (TPSA) is 12.0 Å². The van der Waals surface area contributed by atoms with E-state index in [0.29, 0.717) is 0 Å². The number of nitrogens with one attached hydrogen (secondary N) is 1. The van der Waals surface area contributed by atoms with Crippen molar-refractivity contribution >= 4 is 11.6 Å².